The van der Waals surface area contributed by atoms with Crippen LogP contribution in [0, 0.1) is 0 Å². The monoisotopic (exact) mass is 471 g/mol. The number of nitrogens with one attached hydrogen (secondary N) is 1. The first-order valence-corrected chi connectivity index (χ1v) is 10.2. The van der Waals surface area contributed by atoms with Crippen LogP contribution in [0.25, 0.3) is 11.3 Å². The number of amides is 1. The van der Waals surface area contributed by atoms with Gasteiger partial charge in [0.2, 0.25) is 0 Å². The summed E-state index contributed by atoms with van der Waals surface area (Å²) in [5.41, 5.74) is 1.51. The number of aliphatic hydroxyl groups is 1. The van der Waals surface area contributed by atoms with E-state index in [1.165, 1.54) is 38.6 Å². The number of Topliss-reactive ketones (excluding diaryl/α,β-unsaturated/α-hetero) is 1. The molecule has 0 aliphatic rings. The van der Waals surface area contributed by atoms with Gasteiger partial charge in [0.15, 0.2) is 17.3 Å². The number of carbonyl (C=O) groups excluding carboxylic acids is 2. The molecule has 172 valence electrons. The van der Waals surface area contributed by atoms with Crippen LogP contribution in [0.5, 0.6) is 17.2 Å². The number of rotatable bonds is 10. The van der Waals surface area contributed by atoms with Crippen LogP contribution >= 0.6 is 11.6 Å². The molecule has 2 aromatic heterocycles. The van der Waals surface area contributed by atoms with E-state index >= 15 is 0 Å². The number of hydrogen-bond donors (Lipinski definition) is 2. The molecular formula is C23H22ClN3O6. The van der Waals surface area contributed by atoms with E-state index in [0.29, 0.717) is 33.7 Å². The van der Waals surface area contributed by atoms with Crippen molar-refractivity contribution in [3.8, 4) is 28.5 Å². The molecule has 0 aliphatic heterocycles. The van der Waals surface area contributed by atoms with E-state index in [0.717, 1.165) is 0 Å². The summed E-state index contributed by atoms with van der Waals surface area (Å²) < 4.78 is 15.9. The number of nitrogens with zero attached hydrogens (tertiary/aromatic N) is 2. The Morgan fingerprint density at radius 2 is 1.79 bits per heavy atom. The van der Waals surface area contributed by atoms with Crippen LogP contribution in [0.4, 0.5) is 0 Å². The first kappa shape index (κ1) is 24.0. The largest absolute Gasteiger partial charge is 0.494 e. The molecule has 2 N–H and O–H groups in total. The molecule has 0 bridgehead atoms. The maximum Gasteiger partial charge on any atom is 0.251 e. The maximum atomic E-state index is 12.7. The summed E-state index contributed by atoms with van der Waals surface area (Å²) in [6, 6.07) is 11.1. The third kappa shape index (κ3) is 5.97. The summed E-state index contributed by atoms with van der Waals surface area (Å²) in [7, 11) is 2.94. The fourth-order valence-electron chi connectivity index (χ4n) is 2.93. The Bertz CT molecular complexity index is 1140. The minimum Gasteiger partial charge on any atom is -0.494 e. The fourth-order valence-corrected chi connectivity index (χ4v) is 3.04. The molecule has 0 saturated heterocycles. The molecule has 0 saturated carbocycles. The molecule has 0 fully saturated rings. The van der Waals surface area contributed by atoms with Gasteiger partial charge in [-0.2, -0.15) is 0 Å². The number of halogens is 1. The zero-order valence-corrected chi connectivity index (χ0v) is 18.8. The summed E-state index contributed by atoms with van der Waals surface area (Å²) in [5.74, 6) is 0.344. The molecule has 3 rings (SSSR count). The van der Waals surface area contributed by atoms with Gasteiger partial charge < -0.3 is 24.6 Å². The average Bonchev–Trinajstić information content (AvgIpc) is 2.85. The minimum absolute atomic E-state index is 0.0966. The van der Waals surface area contributed by atoms with Crippen LogP contribution in [-0.4, -0.2) is 60.7 Å². The van der Waals surface area contributed by atoms with Crippen LogP contribution < -0.4 is 19.5 Å². The van der Waals surface area contributed by atoms with Gasteiger partial charge in [0.05, 0.1) is 27.4 Å². The molecule has 0 radical (unpaired) electrons. The van der Waals surface area contributed by atoms with Gasteiger partial charge in [-0.3, -0.25) is 9.59 Å². The van der Waals surface area contributed by atoms with Crippen molar-refractivity contribution in [3.05, 3.63) is 65.1 Å². The SMILES string of the molecule is COc1cc(C(=O)NCC(=O)c2ccc(OC)c(-c3ccc(Cl)nc3)n2)ccc1OCCO. The van der Waals surface area contributed by atoms with Crippen LogP contribution in [0.15, 0.2) is 48.7 Å². The number of aromatic nitrogens is 2. The topological polar surface area (TPSA) is 120 Å². The Morgan fingerprint density at radius 1 is 1.03 bits per heavy atom. The van der Waals surface area contributed by atoms with Gasteiger partial charge in [-0.15, -0.1) is 0 Å². The van der Waals surface area contributed by atoms with Crippen molar-refractivity contribution in [1.82, 2.24) is 15.3 Å². The molecule has 1 amide bonds. The van der Waals surface area contributed by atoms with Gasteiger partial charge in [-0.05, 0) is 42.5 Å². The molecule has 0 unspecified atom stereocenters. The molecule has 0 spiro atoms. The summed E-state index contributed by atoms with van der Waals surface area (Å²) >= 11 is 5.84. The first-order valence-electron chi connectivity index (χ1n) is 9.87. The van der Waals surface area contributed by atoms with E-state index in [2.05, 4.69) is 15.3 Å². The number of hydrogen-bond acceptors (Lipinski definition) is 8. The lowest BCUT2D eigenvalue weighted by atomic mass is 10.1. The van der Waals surface area contributed by atoms with Gasteiger partial charge in [-0.25, -0.2) is 9.97 Å². The molecular weight excluding hydrogens is 450 g/mol. The highest BCUT2D eigenvalue weighted by Gasteiger charge is 2.16. The molecule has 10 heteroatoms. The van der Waals surface area contributed by atoms with Crippen LogP contribution in [0.3, 0.4) is 0 Å². The number of methoxy groups -OCH3 is 2. The van der Waals surface area contributed by atoms with E-state index in [1.807, 2.05) is 0 Å². The molecule has 0 aliphatic carbocycles. The van der Waals surface area contributed by atoms with Crippen LogP contribution in [0.1, 0.15) is 20.8 Å². The van der Waals surface area contributed by atoms with E-state index < -0.39 is 5.91 Å². The predicted molar refractivity (Wildman–Crippen MR) is 121 cm³/mol. The Kier molecular flexibility index (Phi) is 8.17. The normalized spacial score (nSPS) is 10.4. The van der Waals surface area contributed by atoms with Crippen molar-refractivity contribution in [1.29, 1.82) is 0 Å². The highest BCUT2D eigenvalue weighted by Crippen LogP contribution is 2.29. The number of ether oxygens (including phenoxy) is 3. The van der Waals surface area contributed by atoms with Gasteiger partial charge in [-0.1, -0.05) is 11.6 Å². The number of carbonyl (C=O) groups is 2. The summed E-state index contributed by atoms with van der Waals surface area (Å²) in [5, 5.41) is 11.8. The Morgan fingerprint density at radius 3 is 2.45 bits per heavy atom. The summed E-state index contributed by atoms with van der Waals surface area (Å²) in [4.78, 5) is 33.7. The van der Waals surface area contributed by atoms with Gasteiger partial charge in [0.1, 0.15) is 28.9 Å². The van der Waals surface area contributed by atoms with E-state index in [4.69, 9.17) is 30.9 Å². The zero-order valence-electron chi connectivity index (χ0n) is 18.0. The first-order chi connectivity index (χ1) is 16.0. The fraction of sp³-hybridized carbons (Fsp3) is 0.217. The molecule has 2 heterocycles. The van der Waals surface area contributed by atoms with Crippen molar-refractivity contribution in [2.24, 2.45) is 0 Å². The minimum atomic E-state index is -0.467. The predicted octanol–water partition coefficient (Wildman–Crippen LogP) is 2.80. The van der Waals surface area contributed by atoms with E-state index in [9.17, 15) is 9.59 Å². The van der Waals surface area contributed by atoms with Gasteiger partial charge in [0.25, 0.3) is 5.91 Å². The number of aliphatic hydroxyl groups excluding tert-OH is 1. The van der Waals surface area contributed by atoms with E-state index in [1.54, 1.807) is 24.3 Å². The smallest absolute Gasteiger partial charge is 0.251 e. The van der Waals surface area contributed by atoms with Crippen molar-refractivity contribution < 1.29 is 28.9 Å². The molecule has 9 nitrogen and oxygen atoms in total. The third-order valence-electron chi connectivity index (χ3n) is 4.55. The molecule has 33 heavy (non-hydrogen) atoms. The zero-order chi connectivity index (χ0) is 23.8. The average molecular weight is 472 g/mol. The molecule has 1 aromatic carbocycles. The Hall–Kier alpha value is -3.69. The molecule has 3 aromatic rings. The number of pyridine rings is 2. The van der Waals surface area contributed by atoms with Crippen LogP contribution in [0.2, 0.25) is 5.15 Å². The summed E-state index contributed by atoms with van der Waals surface area (Å²) in [6.07, 6.45) is 1.53. The van der Waals surface area contributed by atoms with Crippen molar-refractivity contribution in [3.63, 3.8) is 0 Å². The van der Waals surface area contributed by atoms with E-state index in [-0.39, 0.29) is 36.8 Å². The van der Waals surface area contributed by atoms with Crippen LogP contribution in [-0.2, 0) is 0 Å². The van der Waals surface area contributed by atoms with Crippen molar-refractivity contribution in [2.75, 3.05) is 34.0 Å². The lowest BCUT2D eigenvalue weighted by molar-refractivity contribution is 0.0902. The van der Waals surface area contributed by atoms with Gasteiger partial charge >= 0.3 is 0 Å². The standard InChI is InChI=1S/C23H22ClN3O6/c1-31-19-7-5-16(27-22(19)15-4-8-21(24)25-12-15)17(29)13-26-23(30)14-3-6-18(33-10-9-28)20(11-14)32-2/h3-8,11-12,28H,9-10,13H2,1-2H3,(H,26,30). The lowest BCUT2D eigenvalue weighted by Crippen LogP contribution is -2.30. The summed E-state index contributed by atoms with van der Waals surface area (Å²) in [6.45, 7) is -0.315. The number of benzene rings is 1. The Balaban J connectivity index is 1.72. The highest BCUT2D eigenvalue weighted by atomic mass is 35.5. The Labute approximate surface area is 195 Å². The second-order valence-corrected chi connectivity index (χ2v) is 7.05. The second-order valence-electron chi connectivity index (χ2n) is 6.66. The maximum absolute atomic E-state index is 12.7. The third-order valence-corrected chi connectivity index (χ3v) is 4.77. The van der Waals surface area contributed by atoms with Crippen molar-refractivity contribution in [2.45, 2.75) is 0 Å². The lowest BCUT2D eigenvalue weighted by Gasteiger charge is -2.12. The van der Waals surface area contributed by atoms with Crippen molar-refractivity contribution >= 4 is 23.3 Å². The number of ketones is 1. The highest BCUT2D eigenvalue weighted by molar-refractivity contribution is 6.29. The van der Waals surface area contributed by atoms with Gasteiger partial charge in [0, 0.05) is 17.3 Å². The quantitative estimate of drug-likeness (QED) is 0.342. The second kappa shape index (κ2) is 11.3. The molecule has 0 atom stereocenters.